The maximum absolute atomic E-state index is 12.5. The molecule has 1 aromatic carbocycles. The Morgan fingerprint density at radius 3 is 2.30 bits per heavy atom. The molecule has 0 saturated carbocycles. The van der Waals surface area contributed by atoms with Gasteiger partial charge < -0.3 is 20.4 Å². The van der Waals surface area contributed by atoms with Crippen LogP contribution in [0.3, 0.4) is 0 Å². The minimum Gasteiger partial charge on any atom is -0.342 e. The van der Waals surface area contributed by atoms with E-state index in [0.717, 1.165) is 6.41 Å². The van der Waals surface area contributed by atoms with E-state index in [4.69, 9.17) is 0 Å². The molecule has 2 aliphatic heterocycles. The number of rotatable bonds is 4. The number of amides is 4. The number of benzene rings is 1. The first-order chi connectivity index (χ1) is 12.9. The number of piperazine rings is 1. The zero-order valence-corrected chi connectivity index (χ0v) is 15.6. The summed E-state index contributed by atoms with van der Waals surface area (Å²) in [6.07, 6.45) is 1.20. The number of nitrogens with one attached hydrogen (secondary N) is 2. The van der Waals surface area contributed by atoms with Gasteiger partial charge in [0.25, 0.3) is 5.91 Å². The van der Waals surface area contributed by atoms with Gasteiger partial charge in [0, 0.05) is 43.5 Å². The van der Waals surface area contributed by atoms with E-state index in [1.54, 1.807) is 34.1 Å². The second-order valence-corrected chi connectivity index (χ2v) is 8.94. The Bertz CT molecular complexity index is 816. The summed E-state index contributed by atoms with van der Waals surface area (Å²) in [4.78, 5) is 38.5. The number of carbonyl (C=O) groups excluding carboxylic acids is 3. The molecule has 2 aliphatic rings. The molecular formula is C17H22N4O5S. The Hall–Kier alpha value is -2.62. The molecule has 10 heteroatoms. The van der Waals surface area contributed by atoms with Gasteiger partial charge in [-0.25, -0.2) is 13.2 Å². The van der Waals surface area contributed by atoms with E-state index in [0.29, 0.717) is 43.9 Å². The maximum atomic E-state index is 12.5. The fourth-order valence-electron chi connectivity index (χ4n) is 3.17. The monoisotopic (exact) mass is 394 g/mol. The van der Waals surface area contributed by atoms with E-state index < -0.39 is 15.9 Å². The molecule has 0 aromatic heterocycles. The Morgan fingerprint density at radius 2 is 1.74 bits per heavy atom. The third kappa shape index (κ3) is 4.97. The molecule has 0 unspecified atom stereocenters. The highest BCUT2D eigenvalue weighted by molar-refractivity contribution is 7.91. The molecule has 1 aromatic rings. The highest BCUT2D eigenvalue weighted by Crippen LogP contribution is 2.14. The van der Waals surface area contributed by atoms with Crippen LogP contribution >= 0.6 is 0 Å². The zero-order valence-electron chi connectivity index (χ0n) is 14.8. The molecule has 0 spiro atoms. The summed E-state index contributed by atoms with van der Waals surface area (Å²) < 4.78 is 22.8. The number of hydrogen-bond acceptors (Lipinski definition) is 5. The van der Waals surface area contributed by atoms with Crippen LogP contribution in [0.5, 0.6) is 0 Å². The van der Waals surface area contributed by atoms with Gasteiger partial charge in [0.05, 0.1) is 11.5 Å². The largest absolute Gasteiger partial charge is 0.342 e. The molecule has 1 atom stereocenters. The van der Waals surface area contributed by atoms with Crippen molar-refractivity contribution in [1.82, 2.24) is 15.1 Å². The van der Waals surface area contributed by atoms with E-state index in [9.17, 15) is 22.8 Å². The van der Waals surface area contributed by atoms with Gasteiger partial charge in [-0.2, -0.15) is 0 Å². The van der Waals surface area contributed by atoms with Crippen molar-refractivity contribution in [1.29, 1.82) is 0 Å². The zero-order chi connectivity index (χ0) is 19.4. The number of sulfone groups is 1. The van der Waals surface area contributed by atoms with Crippen LogP contribution in [0.1, 0.15) is 16.8 Å². The van der Waals surface area contributed by atoms with Gasteiger partial charge >= 0.3 is 6.03 Å². The minimum absolute atomic E-state index is 0.0365. The third-order valence-electron chi connectivity index (χ3n) is 4.71. The van der Waals surface area contributed by atoms with Gasteiger partial charge in [-0.05, 0) is 30.7 Å². The van der Waals surface area contributed by atoms with Crippen molar-refractivity contribution >= 4 is 33.9 Å². The Morgan fingerprint density at radius 1 is 1.07 bits per heavy atom. The number of anilines is 1. The van der Waals surface area contributed by atoms with Crippen LogP contribution in [0.4, 0.5) is 10.5 Å². The van der Waals surface area contributed by atoms with E-state index in [1.807, 2.05) is 0 Å². The first-order valence-electron chi connectivity index (χ1n) is 8.73. The molecule has 2 fully saturated rings. The van der Waals surface area contributed by atoms with Crippen molar-refractivity contribution in [2.45, 2.75) is 12.5 Å². The van der Waals surface area contributed by atoms with E-state index >= 15 is 0 Å². The van der Waals surface area contributed by atoms with Crippen LogP contribution in [-0.2, 0) is 14.6 Å². The lowest BCUT2D eigenvalue weighted by Gasteiger charge is -2.32. The maximum Gasteiger partial charge on any atom is 0.319 e. The van der Waals surface area contributed by atoms with Crippen LogP contribution in [0.2, 0.25) is 0 Å². The molecule has 0 radical (unpaired) electrons. The van der Waals surface area contributed by atoms with Gasteiger partial charge in [0.2, 0.25) is 6.41 Å². The molecular weight excluding hydrogens is 372 g/mol. The highest BCUT2D eigenvalue weighted by Gasteiger charge is 2.29. The fraction of sp³-hybridized carbons (Fsp3) is 0.471. The van der Waals surface area contributed by atoms with Crippen molar-refractivity contribution in [3.63, 3.8) is 0 Å². The average Bonchev–Trinajstić information content (AvgIpc) is 3.00. The minimum atomic E-state index is -3.05. The van der Waals surface area contributed by atoms with Crippen LogP contribution < -0.4 is 10.6 Å². The van der Waals surface area contributed by atoms with Crippen LogP contribution in [0.15, 0.2) is 24.3 Å². The second kappa shape index (κ2) is 7.95. The predicted octanol–water partition coefficient (Wildman–Crippen LogP) is -0.0906. The topological polar surface area (TPSA) is 116 Å². The van der Waals surface area contributed by atoms with Crippen molar-refractivity contribution < 1.29 is 22.8 Å². The average molecular weight is 394 g/mol. The second-order valence-electron chi connectivity index (χ2n) is 6.71. The molecule has 4 amide bonds. The molecule has 146 valence electrons. The summed E-state index contributed by atoms with van der Waals surface area (Å²) in [6, 6.07) is 5.66. The molecule has 27 heavy (non-hydrogen) atoms. The molecule has 0 bridgehead atoms. The van der Waals surface area contributed by atoms with Crippen LogP contribution in [0, 0.1) is 0 Å². The Kier molecular flexibility index (Phi) is 5.64. The number of urea groups is 1. The summed E-state index contributed by atoms with van der Waals surface area (Å²) in [5.41, 5.74) is 1.01. The van der Waals surface area contributed by atoms with Gasteiger partial charge in [-0.1, -0.05) is 0 Å². The number of nitrogens with zero attached hydrogens (tertiary/aromatic N) is 2. The van der Waals surface area contributed by atoms with Crippen LogP contribution in [0.25, 0.3) is 0 Å². The summed E-state index contributed by atoms with van der Waals surface area (Å²) in [6.45, 7) is 2.02. The lowest BCUT2D eigenvalue weighted by Crippen LogP contribution is -2.48. The first kappa shape index (κ1) is 19.2. The normalized spacial score (nSPS) is 21.6. The summed E-state index contributed by atoms with van der Waals surface area (Å²) in [7, 11) is -3.05. The smallest absolute Gasteiger partial charge is 0.319 e. The summed E-state index contributed by atoms with van der Waals surface area (Å²) in [5, 5.41) is 5.28. The molecule has 2 saturated heterocycles. The van der Waals surface area contributed by atoms with Crippen molar-refractivity contribution in [2.75, 3.05) is 43.0 Å². The van der Waals surface area contributed by atoms with Crippen LogP contribution in [-0.4, -0.2) is 80.3 Å². The molecule has 2 N–H and O–H groups in total. The highest BCUT2D eigenvalue weighted by atomic mass is 32.2. The van der Waals surface area contributed by atoms with E-state index in [-0.39, 0.29) is 23.5 Å². The van der Waals surface area contributed by atoms with Gasteiger partial charge in [0.1, 0.15) is 0 Å². The SMILES string of the molecule is O=CN1CCN(C(=O)c2ccc(NC(=O)N[C@@H]3CCS(=O)(=O)C3)cc2)CC1. The molecule has 9 nitrogen and oxygen atoms in total. The lowest BCUT2D eigenvalue weighted by molar-refractivity contribution is -0.119. The third-order valence-corrected chi connectivity index (χ3v) is 6.48. The van der Waals surface area contributed by atoms with Crippen molar-refractivity contribution in [3.8, 4) is 0 Å². The standard InChI is InChI=1S/C17H22N4O5S/c22-12-20-6-8-21(9-7-20)16(23)13-1-3-14(4-2-13)18-17(24)19-15-5-10-27(25,26)11-15/h1-4,12,15H,5-11H2,(H2,18,19,24)/t15-/m1/s1. The lowest BCUT2D eigenvalue weighted by atomic mass is 10.1. The quantitative estimate of drug-likeness (QED) is 0.693. The summed E-state index contributed by atoms with van der Waals surface area (Å²) in [5.74, 6) is -0.0612. The fourth-order valence-corrected chi connectivity index (χ4v) is 4.84. The van der Waals surface area contributed by atoms with E-state index in [2.05, 4.69) is 10.6 Å². The molecule has 3 rings (SSSR count). The first-order valence-corrected chi connectivity index (χ1v) is 10.5. The predicted molar refractivity (Wildman–Crippen MR) is 99.2 cm³/mol. The van der Waals surface area contributed by atoms with E-state index in [1.165, 1.54) is 0 Å². The van der Waals surface area contributed by atoms with Crippen molar-refractivity contribution in [3.05, 3.63) is 29.8 Å². The van der Waals surface area contributed by atoms with Gasteiger partial charge in [-0.15, -0.1) is 0 Å². The molecule has 0 aliphatic carbocycles. The Labute approximate surface area is 157 Å². The molecule has 2 heterocycles. The number of carbonyl (C=O) groups is 3. The van der Waals surface area contributed by atoms with Gasteiger partial charge in [0.15, 0.2) is 9.84 Å². The number of hydrogen-bond donors (Lipinski definition) is 2. The van der Waals surface area contributed by atoms with Crippen molar-refractivity contribution in [2.24, 2.45) is 0 Å². The summed E-state index contributed by atoms with van der Waals surface area (Å²) >= 11 is 0. The van der Waals surface area contributed by atoms with Gasteiger partial charge in [-0.3, -0.25) is 9.59 Å². The Balaban J connectivity index is 1.52.